The van der Waals surface area contributed by atoms with Gasteiger partial charge in [-0.3, -0.25) is 14.5 Å². The van der Waals surface area contributed by atoms with Crippen molar-refractivity contribution in [3.63, 3.8) is 0 Å². The van der Waals surface area contributed by atoms with Gasteiger partial charge in [-0.05, 0) is 23.8 Å². The lowest BCUT2D eigenvalue weighted by Gasteiger charge is -2.49. The molecule has 136 valence electrons. The molecule has 0 spiro atoms. The van der Waals surface area contributed by atoms with E-state index in [0.717, 1.165) is 4.90 Å². The molecule has 2 aliphatic heterocycles. The molecule has 9 nitrogen and oxygen atoms in total. The van der Waals surface area contributed by atoms with Gasteiger partial charge in [-0.15, -0.1) is 0 Å². The molecule has 1 saturated heterocycles. The molecule has 1 aromatic carbocycles. The van der Waals surface area contributed by atoms with Gasteiger partial charge in [0.1, 0.15) is 36.2 Å². The summed E-state index contributed by atoms with van der Waals surface area (Å²) in [5.41, 5.74) is 6.05. The number of amides is 2. The zero-order valence-electron chi connectivity index (χ0n) is 13.6. The van der Waals surface area contributed by atoms with Gasteiger partial charge in [-0.25, -0.2) is 4.79 Å². The van der Waals surface area contributed by atoms with E-state index >= 15 is 0 Å². The number of nitrogens with two attached hydrogens (primary N) is 1. The Morgan fingerprint density at radius 2 is 2.04 bits per heavy atom. The van der Waals surface area contributed by atoms with E-state index in [9.17, 15) is 24.6 Å². The quantitative estimate of drug-likeness (QED) is 0.524. The minimum atomic E-state index is -1.32. The topological polar surface area (TPSA) is 142 Å². The van der Waals surface area contributed by atoms with E-state index in [1.165, 1.54) is 30.3 Å². The average molecular weight is 359 g/mol. The minimum Gasteiger partial charge on any atom is -0.508 e. The number of aromatic hydroxyl groups is 1. The highest BCUT2D eigenvalue weighted by atomic mass is 16.5. The van der Waals surface area contributed by atoms with Crippen molar-refractivity contribution in [1.82, 2.24) is 10.2 Å². The number of carbonyl (C=O) groups excluding carboxylic acids is 2. The van der Waals surface area contributed by atoms with Gasteiger partial charge in [-0.1, -0.05) is 18.7 Å². The second kappa shape index (κ2) is 6.52. The van der Waals surface area contributed by atoms with Crippen LogP contribution in [0.2, 0.25) is 0 Å². The number of carbonyl (C=O) groups is 3. The SMILES string of the molecule is C=CC1=C(C(=O)O)N2C(=O)[C@@H](NC(=O)[C@H](N)c3ccc(O)cc3)[C@H]2CO1. The van der Waals surface area contributed by atoms with E-state index in [1.807, 2.05) is 0 Å². The Kier molecular flexibility index (Phi) is 4.39. The van der Waals surface area contributed by atoms with Crippen LogP contribution in [0.1, 0.15) is 11.6 Å². The van der Waals surface area contributed by atoms with Gasteiger partial charge in [0.25, 0.3) is 5.91 Å². The van der Waals surface area contributed by atoms with Crippen LogP contribution in [-0.4, -0.2) is 51.6 Å². The molecule has 3 atom stereocenters. The fourth-order valence-corrected chi connectivity index (χ4v) is 2.95. The molecule has 9 heteroatoms. The number of phenols is 1. The molecule has 0 unspecified atom stereocenters. The zero-order chi connectivity index (χ0) is 19.0. The van der Waals surface area contributed by atoms with Crippen LogP contribution in [-0.2, 0) is 19.1 Å². The highest BCUT2D eigenvalue weighted by molar-refractivity contribution is 6.02. The van der Waals surface area contributed by atoms with E-state index in [1.54, 1.807) is 0 Å². The second-order valence-corrected chi connectivity index (χ2v) is 5.86. The molecular weight excluding hydrogens is 342 g/mol. The van der Waals surface area contributed by atoms with E-state index in [0.29, 0.717) is 5.56 Å². The molecule has 5 N–H and O–H groups in total. The number of nitrogens with zero attached hydrogens (tertiary/aromatic N) is 1. The number of β-lactam (4-membered cyclic amide) rings is 1. The van der Waals surface area contributed by atoms with Gasteiger partial charge in [-0.2, -0.15) is 0 Å². The summed E-state index contributed by atoms with van der Waals surface area (Å²) in [5, 5.41) is 21.1. The van der Waals surface area contributed by atoms with E-state index in [2.05, 4.69) is 11.9 Å². The standard InChI is InChI=1S/C17H17N3O6/c1-2-11-14(17(24)25)20-10(7-26-11)13(16(20)23)19-15(22)12(18)8-3-5-9(21)6-4-8/h2-6,10,12-13,21H,1,7,18H2,(H,19,22)(H,24,25)/t10-,12-,13+/m1/s1. The van der Waals surface area contributed by atoms with Crippen LogP contribution in [0.4, 0.5) is 0 Å². The van der Waals surface area contributed by atoms with Crippen molar-refractivity contribution >= 4 is 17.8 Å². The number of nitrogens with one attached hydrogen (secondary N) is 1. The summed E-state index contributed by atoms with van der Waals surface area (Å²) < 4.78 is 5.33. The van der Waals surface area contributed by atoms with Crippen molar-refractivity contribution in [2.45, 2.75) is 18.1 Å². The molecule has 2 heterocycles. The Morgan fingerprint density at radius 1 is 1.38 bits per heavy atom. The number of benzene rings is 1. The van der Waals surface area contributed by atoms with Gasteiger partial charge in [0.15, 0.2) is 5.70 Å². The molecule has 0 aromatic heterocycles. The number of carboxylic acid groups (broad SMARTS) is 1. The molecule has 3 rings (SSSR count). The highest BCUT2D eigenvalue weighted by Crippen LogP contribution is 2.33. The number of fused-ring (bicyclic) bond motifs is 1. The van der Waals surface area contributed by atoms with E-state index in [-0.39, 0.29) is 23.8 Å². The van der Waals surface area contributed by atoms with Gasteiger partial charge in [0, 0.05) is 0 Å². The first kappa shape index (κ1) is 17.5. The maximum Gasteiger partial charge on any atom is 0.356 e. The van der Waals surface area contributed by atoms with Crippen LogP contribution in [0.15, 0.2) is 48.4 Å². The molecule has 0 aliphatic carbocycles. The van der Waals surface area contributed by atoms with Crippen LogP contribution in [0.3, 0.4) is 0 Å². The van der Waals surface area contributed by atoms with Crippen LogP contribution >= 0.6 is 0 Å². The first-order valence-electron chi connectivity index (χ1n) is 7.76. The number of hydrogen-bond donors (Lipinski definition) is 4. The third kappa shape index (κ3) is 2.78. The smallest absolute Gasteiger partial charge is 0.356 e. The first-order valence-corrected chi connectivity index (χ1v) is 7.76. The summed E-state index contributed by atoms with van der Waals surface area (Å²) in [4.78, 5) is 37.2. The number of rotatable bonds is 5. The Hall–Kier alpha value is -3.33. The number of phenolic OH excluding ortho intramolecular Hbond substituents is 1. The first-order chi connectivity index (χ1) is 12.3. The van der Waals surface area contributed by atoms with Crippen molar-refractivity contribution < 1.29 is 29.3 Å². The van der Waals surface area contributed by atoms with Gasteiger partial charge < -0.3 is 26.0 Å². The summed E-state index contributed by atoms with van der Waals surface area (Å²) in [6, 6.07) is 3.20. The lowest BCUT2D eigenvalue weighted by Crippen LogP contribution is -2.73. The fourth-order valence-electron chi connectivity index (χ4n) is 2.95. The maximum absolute atomic E-state index is 12.4. The Labute approximate surface area is 148 Å². The Bertz CT molecular complexity index is 816. The van der Waals surface area contributed by atoms with Crippen LogP contribution < -0.4 is 11.1 Å². The Balaban J connectivity index is 1.73. The van der Waals surface area contributed by atoms with Crippen molar-refractivity contribution in [3.8, 4) is 5.75 Å². The third-order valence-electron chi connectivity index (χ3n) is 4.32. The lowest BCUT2D eigenvalue weighted by atomic mass is 9.92. The number of hydrogen-bond acceptors (Lipinski definition) is 6. The monoisotopic (exact) mass is 359 g/mol. The molecule has 0 bridgehead atoms. The van der Waals surface area contributed by atoms with Crippen LogP contribution in [0.25, 0.3) is 0 Å². The van der Waals surface area contributed by atoms with Crippen LogP contribution in [0, 0.1) is 0 Å². The predicted octanol–water partition coefficient (Wildman–Crippen LogP) is -0.400. The third-order valence-corrected chi connectivity index (χ3v) is 4.32. The maximum atomic E-state index is 12.4. The minimum absolute atomic E-state index is 0.00710. The number of aliphatic carboxylic acids is 1. The largest absolute Gasteiger partial charge is 0.508 e. The molecular formula is C17H17N3O6. The fraction of sp³-hybridized carbons (Fsp3) is 0.235. The average Bonchev–Trinajstić information content (AvgIpc) is 2.64. The molecule has 1 aromatic rings. The predicted molar refractivity (Wildman–Crippen MR) is 88.4 cm³/mol. The summed E-state index contributed by atoms with van der Waals surface area (Å²) in [5.74, 6) is -2.42. The van der Waals surface area contributed by atoms with E-state index in [4.69, 9.17) is 10.5 Å². The van der Waals surface area contributed by atoms with Crippen molar-refractivity contribution in [2.75, 3.05) is 6.61 Å². The van der Waals surface area contributed by atoms with Crippen molar-refractivity contribution in [2.24, 2.45) is 5.73 Å². The highest BCUT2D eigenvalue weighted by Gasteiger charge is 2.54. The van der Waals surface area contributed by atoms with Crippen molar-refractivity contribution in [1.29, 1.82) is 0 Å². The van der Waals surface area contributed by atoms with Gasteiger partial charge >= 0.3 is 5.97 Å². The summed E-state index contributed by atoms with van der Waals surface area (Å²) in [6.45, 7) is 3.50. The molecule has 2 amide bonds. The zero-order valence-corrected chi connectivity index (χ0v) is 13.6. The number of ether oxygens (including phenoxy) is 1. The normalized spacial score (nSPS) is 22.7. The molecule has 0 saturated carbocycles. The summed E-state index contributed by atoms with van der Waals surface area (Å²) in [6.07, 6.45) is 1.22. The number of allylic oxidation sites excluding steroid dienone is 1. The second-order valence-electron chi connectivity index (χ2n) is 5.86. The van der Waals surface area contributed by atoms with E-state index < -0.39 is 35.9 Å². The van der Waals surface area contributed by atoms with Crippen LogP contribution in [0.5, 0.6) is 5.75 Å². The molecule has 2 aliphatic rings. The Morgan fingerprint density at radius 3 is 2.62 bits per heavy atom. The molecule has 1 fully saturated rings. The summed E-state index contributed by atoms with van der Waals surface area (Å²) in [7, 11) is 0. The summed E-state index contributed by atoms with van der Waals surface area (Å²) >= 11 is 0. The lowest BCUT2D eigenvalue weighted by molar-refractivity contribution is -0.160. The number of carboxylic acids is 1. The molecule has 26 heavy (non-hydrogen) atoms. The molecule has 0 radical (unpaired) electrons. The van der Waals surface area contributed by atoms with Gasteiger partial charge in [0.05, 0.1) is 0 Å². The van der Waals surface area contributed by atoms with Gasteiger partial charge in [0.2, 0.25) is 5.91 Å². The van der Waals surface area contributed by atoms with Crippen molar-refractivity contribution in [3.05, 3.63) is 53.9 Å².